The van der Waals surface area contributed by atoms with Gasteiger partial charge in [-0.1, -0.05) is 11.6 Å². The summed E-state index contributed by atoms with van der Waals surface area (Å²) >= 11 is 5.86. The third-order valence-electron chi connectivity index (χ3n) is 2.27. The highest BCUT2D eigenvalue weighted by Crippen LogP contribution is 2.38. The van der Waals surface area contributed by atoms with E-state index in [0.29, 0.717) is 24.3 Å². The Morgan fingerprint density at radius 1 is 1.38 bits per heavy atom. The summed E-state index contributed by atoms with van der Waals surface area (Å²) in [5.41, 5.74) is 0.511. The normalized spacial score (nSPS) is 10.3. The van der Waals surface area contributed by atoms with Crippen LogP contribution in [0.4, 0.5) is 4.39 Å². The average Bonchev–Trinajstić information content (AvgIpc) is 2.30. The molecule has 0 aromatic heterocycles. The van der Waals surface area contributed by atoms with Gasteiger partial charge >= 0.3 is 0 Å². The summed E-state index contributed by atoms with van der Waals surface area (Å²) in [5, 5.41) is 2.91. The zero-order chi connectivity index (χ0) is 12.1. The quantitative estimate of drug-likeness (QED) is 0.866. The van der Waals surface area contributed by atoms with E-state index in [9.17, 15) is 4.39 Å². The molecule has 0 fully saturated rings. The van der Waals surface area contributed by atoms with E-state index >= 15 is 0 Å². The Balaban J connectivity index is 3.16. The Morgan fingerprint density at radius 3 is 2.56 bits per heavy atom. The molecule has 0 atom stereocenters. The Labute approximate surface area is 99.5 Å². The van der Waals surface area contributed by atoms with Gasteiger partial charge in [-0.2, -0.15) is 0 Å². The van der Waals surface area contributed by atoms with E-state index in [-0.39, 0.29) is 10.8 Å². The first-order valence-corrected chi connectivity index (χ1v) is 5.27. The molecule has 0 radical (unpaired) electrons. The van der Waals surface area contributed by atoms with E-state index < -0.39 is 5.82 Å². The van der Waals surface area contributed by atoms with Crippen LogP contribution in [0.2, 0.25) is 5.02 Å². The van der Waals surface area contributed by atoms with Gasteiger partial charge in [-0.25, -0.2) is 4.39 Å². The third kappa shape index (κ3) is 2.57. The van der Waals surface area contributed by atoms with Crippen molar-refractivity contribution in [2.75, 3.05) is 27.8 Å². The lowest BCUT2D eigenvalue weighted by molar-refractivity contribution is 0.351. The van der Waals surface area contributed by atoms with Gasteiger partial charge < -0.3 is 14.8 Å². The summed E-state index contributed by atoms with van der Waals surface area (Å²) in [4.78, 5) is 0. The minimum atomic E-state index is -0.449. The van der Waals surface area contributed by atoms with Crippen molar-refractivity contribution in [1.82, 2.24) is 5.32 Å². The third-order valence-corrected chi connectivity index (χ3v) is 2.61. The van der Waals surface area contributed by atoms with Gasteiger partial charge in [-0.05, 0) is 31.6 Å². The largest absolute Gasteiger partial charge is 0.493 e. The van der Waals surface area contributed by atoms with E-state index in [1.54, 1.807) is 13.1 Å². The van der Waals surface area contributed by atoms with Crippen molar-refractivity contribution in [3.8, 4) is 11.5 Å². The molecule has 0 bridgehead atoms. The molecule has 0 aliphatic carbocycles. The molecular weight excluding hydrogens is 233 g/mol. The summed E-state index contributed by atoms with van der Waals surface area (Å²) < 4.78 is 23.9. The minimum Gasteiger partial charge on any atom is -0.493 e. The van der Waals surface area contributed by atoms with Crippen LogP contribution in [0.15, 0.2) is 6.07 Å². The molecule has 0 saturated heterocycles. The van der Waals surface area contributed by atoms with Crippen molar-refractivity contribution in [1.29, 1.82) is 0 Å². The van der Waals surface area contributed by atoms with Crippen molar-refractivity contribution in [2.24, 2.45) is 0 Å². The number of benzene rings is 1. The van der Waals surface area contributed by atoms with Crippen LogP contribution in [0.5, 0.6) is 11.5 Å². The first-order chi connectivity index (χ1) is 7.65. The van der Waals surface area contributed by atoms with Crippen LogP contribution >= 0.6 is 11.6 Å². The second-order valence-corrected chi connectivity index (χ2v) is 3.63. The fourth-order valence-electron chi connectivity index (χ4n) is 1.42. The maximum absolute atomic E-state index is 13.8. The van der Waals surface area contributed by atoms with Crippen LogP contribution in [0.3, 0.4) is 0 Å². The minimum absolute atomic E-state index is 0.0343. The standard InChI is InChI=1S/C11H15ClFNO2/c1-14-5-4-7-6-8(15-2)11(16-3)9(12)10(7)13/h6,14H,4-5H2,1-3H3. The zero-order valence-corrected chi connectivity index (χ0v) is 10.3. The number of nitrogens with one attached hydrogen (secondary N) is 1. The van der Waals surface area contributed by atoms with Crippen LogP contribution in [-0.2, 0) is 6.42 Å². The molecule has 0 aliphatic rings. The molecular formula is C11H15ClFNO2. The van der Waals surface area contributed by atoms with Gasteiger partial charge in [-0.15, -0.1) is 0 Å². The van der Waals surface area contributed by atoms with Gasteiger partial charge in [0.25, 0.3) is 0 Å². The second kappa shape index (κ2) is 5.92. The van der Waals surface area contributed by atoms with Gasteiger partial charge in [0.1, 0.15) is 10.8 Å². The summed E-state index contributed by atoms with van der Waals surface area (Å²) in [6, 6.07) is 1.61. The Kier molecular flexibility index (Phi) is 4.83. The van der Waals surface area contributed by atoms with E-state index in [4.69, 9.17) is 21.1 Å². The number of methoxy groups -OCH3 is 2. The second-order valence-electron chi connectivity index (χ2n) is 3.25. The first kappa shape index (κ1) is 13.1. The number of ether oxygens (including phenoxy) is 2. The Morgan fingerprint density at radius 2 is 2.06 bits per heavy atom. The van der Waals surface area contributed by atoms with Crippen molar-refractivity contribution in [2.45, 2.75) is 6.42 Å². The predicted octanol–water partition coefficient (Wildman–Crippen LogP) is 2.26. The van der Waals surface area contributed by atoms with E-state index in [1.807, 2.05) is 0 Å². The maximum atomic E-state index is 13.8. The first-order valence-electron chi connectivity index (χ1n) is 4.89. The highest BCUT2D eigenvalue weighted by atomic mass is 35.5. The highest BCUT2D eigenvalue weighted by molar-refractivity contribution is 6.32. The lowest BCUT2D eigenvalue weighted by Crippen LogP contribution is -2.11. The number of likely N-dealkylation sites (N-methyl/N-ethyl adjacent to an activating group) is 1. The topological polar surface area (TPSA) is 30.5 Å². The lowest BCUT2D eigenvalue weighted by atomic mass is 10.1. The highest BCUT2D eigenvalue weighted by Gasteiger charge is 2.17. The summed E-state index contributed by atoms with van der Waals surface area (Å²) in [6.07, 6.45) is 0.544. The van der Waals surface area contributed by atoms with Crippen LogP contribution in [0.25, 0.3) is 0 Å². The lowest BCUT2D eigenvalue weighted by Gasteiger charge is -2.13. The van der Waals surface area contributed by atoms with E-state index in [1.165, 1.54) is 14.2 Å². The summed E-state index contributed by atoms with van der Waals surface area (Å²) in [5.74, 6) is 0.226. The molecule has 1 rings (SSSR count). The van der Waals surface area contributed by atoms with Gasteiger partial charge in [0.2, 0.25) is 0 Å². The molecule has 1 N–H and O–H groups in total. The monoisotopic (exact) mass is 247 g/mol. The number of hydrogen-bond acceptors (Lipinski definition) is 3. The molecule has 0 aliphatic heterocycles. The molecule has 0 unspecified atom stereocenters. The predicted molar refractivity (Wildman–Crippen MR) is 62.1 cm³/mol. The fraction of sp³-hybridized carbons (Fsp3) is 0.455. The van der Waals surface area contributed by atoms with Crippen LogP contribution < -0.4 is 14.8 Å². The molecule has 0 spiro atoms. The van der Waals surface area contributed by atoms with Crippen LogP contribution in [0, 0.1) is 5.82 Å². The summed E-state index contributed by atoms with van der Waals surface area (Å²) in [7, 11) is 4.73. The molecule has 5 heteroatoms. The molecule has 16 heavy (non-hydrogen) atoms. The van der Waals surface area contributed by atoms with Crippen molar-refractivity contribution in [3.05, 3.63) is 22.5 Å². The molecule has 1 aromatic carbocycles. The van der Waals surface area contributed by atoms with Gasteiger partial charge in [0.15, 0.2) is 11.5 Å². The fourth-order valence-corrected chi connectivity index (χ4v) is 1.71. The SMILES string of the molecule is CNCCc1cc(OC)c(OC)c(Cl)c1F. The molecule has 0 heterocycles. The average molecular weight is 248 g/mol. The molecule has 0 saturated carbocycles. The van der Waals surface area contributed by atoms with Crippen molar-refractivity contribution >= 4 is 11.6 Å². The molecule has 1 aromatic rings. The van der Waals surface area contributed by atoms with Crippen molar-refractivity contribution in [3.63, 3.8) is 0 Å². The Hall–Kier alpha value is -1.00. The van der Waals surface area contributed by atoms with Crippen molar-refractivity contribution < 1.29 is 13.9 Å². The van der Waals surface area contributed by atoms with Gasteiger partial charge in [0.05, 0.1) is 14.2 Å². The van der Waals surface area contributed by atoms with Gasteiger partial charge in [-0.3, -0.25) is 0 Å². The number of rotatable bonds is 5. The van der Waals surface area contributed by atoms with E-state index in [2.05, 4.69) is 5.32 Å². The number of halogens is 2. The van der Waals surface area contributed by atoms with E-state index in [0.717, 1.165) is 0 Å². The van der Waals surface area contributed by atoms with Crippen LogP contribution in [-0.4, -0.2) is 27.8 Å². The number of hydrogen-bond donors (Lipinski definition) is 1. The molecule has 90 valence electrons. The molecule has 0 amide bonds. The van der Waals surface area contributed by atoms with Gasteiger partial charge in [0, 0.05) is 0 Å². The molecule has 3 nitrogen and oxygen atoms in total. The van der Waals surface area contributed by atoms with Crippen LogP contribution in [0.1, 0.15) is 5.56 Å². The Bertz CT molecular complexity index is 371. The summed E-state index contributed by atoms with van der Waals surface area (Å²) in [6.45, 7) is 0.669. The zero-order valence-electron chi connectivity index (χ0n) is 9.56. The smallest absolute Gasteiger partial charge is 0.182 e. The maximum Gasteiger partial charge on any atom is 0.182 e.